The van der Waals surface area contributed by atoms with Crippen molar-refractivity contribution >= 4 is 5.91 Å². The molecule has 0 bridgehead atoms. The second-order valence-corrected chi connectivity index (χ2v) is 5.29. The first kappa shape index (κ1) is 15.4. The highest BCUT2D eigenvalue weighted by atomic mass is 16.3. The van der Waals surface area contributed by atoms with Gasteiger partial charge in [-0.15, -0.1) is 0 Å². The molecule has 0 aliphatic carbocycles. The zero-order valence-corrected chi connectivity index (χ0v) is 11.4. The van der Waals surface area contributed by atoms with Crippen LogP contribution in [-0.4, -0.2) is 58.9 Å². The van der Waals surface area contributed by atoms with Crippen molar-refractivity contribution in [1.82, 2.24) is 10.2 Å². The van der Waals surface area contributed by atoms with Crippen LogP contribution in [0.5, 0.6) is 0 Å². The number of hydrogen-bond acceptors (Lipinski definition) is 4. The van der Waals surface area contributed by atoms with Gasteiger partial charge in [-0.05, 0) is 13.3 Å². The Morgan fingerprint density at radius 1 is 1.33 bits per heavy atom. The Hall–Kier alpha value is -0.650. The second kappa shape index (κ2) is 7.71. The Bertz CT molecular complexity index is 251. The van der Waals surface area contributed by atoms with Crippen LogP contribution < -0.4 is 5.32 Å². The van der Waals surface area contributed by atoms with Crippen molar-refractivity contribution in [2.45, 2.75) is 57.8 Å². The molecular weight excluding hydrogens is 232 g/mol. The topological polar surface area (TPSA) is 72.8 Å². The molecule has 3 N–H and O–H groups in total. The summed E-state index contributed by atoms with van der Waals surface area (Å²) in [7, 11) is 0. The van der Waals surface area contributed by atoms with Crippen LogP contribution in [0.2, 0.25) is 0 Å². The molecule has 1 fully saturated rings. The second-order valence-electron chi connectivity index (χ2n) is 5.29. The fourth-order valence-corrected chi connectivity index (χ4v) is 2.27. The van der Waals surface area contributed by atoms with Crippen molar-refractivity contribution < 1.29 is 15.0 Å². The first-order chi connectivity index (χ1) is 8.52. The van der Waals surface area contributed by atoms with E-state index in [9.17, 15) is 15.0 Å². The van der Waals surface area contributed by atoms with E-state index >= 15 is 0 Å². The Balaban J connectivity index is 2.17. The van der Waals surface area contributed by atoms with Crippen molar-refractivity contribution in [3.63, 3.8) is 0 Å². The van der Waals surface area contributed by atoms with Gasteiger partial charge in [0.05, 0.1) is 18.8 Å². The molecular formula is C13H26N2O3. The molecule has 0 aromatic rings. The highest BCUT2D eigenvalue weighted by Gasteiger charge is 2.30. The Kier molecular flexibility index (Phi) is 6.60. The molecule has 3 unspecified atom stereocenters. The van der Waals surface area contributed by atoms with Crippen LogP contribution in [0.1, 0.15) is 39.5 Å². The summed E-state index contributed by atoms with van der Waals surface area (Å²) in [5, 5.41) is 21.7. The van der Waals surface area contributed by atoms with Crippen LogP contribution in [0, 0.1) is 0 Å². The zero-order valence-electron chi connectivity index (χ0n) is 11.4. The van der Waals surface area contributed by atoms with Gasteiger partial charge in [0.1, 0.15) is 0 Å². The molecule has 5 heteroatoms. The molecule has 106 valence electrons. The van der Waals surface area contributed by atoms with Crippen molar-refractivity contribution in [3.05, 3.63) is 0 Å². The number of rotatable bonds is 7. The molecule has 1 amide bonds. The number of carbonyl (C=O) groups excluding carboxylic acids is 1. The molecule has 0 aromatic heterocycles. The molecule has 18 heavy (non-hydrogen) atoms. The number of carbonyl (C=O) groups is 1. The van der Waals surface area contributed by atoms with Gasteiger partial charge in [0.15, 0.2) is 0 Å². The molecule has 1 heterocycles. The molecule has 1 aliphatic rings. The highest BCUT2D eigenvalue weighted by Crippen LogP contribution is 2.09. The third-order valence-corrected chi connectivity index (χ3v) is 3.35. The minimum atomic E-state index is -0.722. The average molecular weight is 258 g/mol. The average Bonchev–Trinajstić information content (AvgIpc) is 2.57. The molecule has 5 nitrogen and oxygen atoms in total. The maximum absolute atomic E-state index is 11.7. The van der Waals surface area contributed by atoms with E-state index in [1.165, 1.54) is 12.8 Å². The normalized spacial score (nSPS) is 26.2. The number of nitrogens with zero attached hydrogens (tertiary/aromatic N) is 1. The lowest BCUT2D eigenvalue weighted by atomic mass is 10.1. The van der Waals surface area contributed by atoms with Crippen molar-refractivity contribution in [3.8, 4) is 0 Å². The number of nitrogens with one attached hydrogen (secondary N) is 1. The summed E-state index contributed by atoms with van der Waals surface area (Å²) >= 11 is 0. The fraction of sp³-hybridized carbons (Fsp3) is 0.923. The summed E-state index contributed by atoms with van der Waals surface area (Å²) in [5.74, 6) is -0.0275. The molecule has 0 aromatic carbocycles. The molecule has 0 spiro atoms. The van der Waals surface area contributed by atoms with Crippen LogP contribution in [0.4, 0.5) is 0 Å². The van der Waals surface area contributed by atoms with Crippen LogP contribution in [-0.2, 0) is 4.79 Å². The third-order valence-electron chi connectivity index (χ3n) is 3.35. The summed E-state index contributed by atoms with van der Waals surface area (Å²) in [6.45, 7) is 5.18. The molecule has 1 aliphatic heterocycles. The highest BCUT2D eigenvalue weighted by molar-refractivity contribution is 5.78. The Labute approximate surface area is 109 Å². The van der Waals surface area contributed by atoms with Gasteiger partial charge < -0.3 is 15.5 Å². The van der Waals surface area contributed by atoms with Gasteiger partial charge in [-0.1, -0.05) is 26.2 Å². The zero-order chi connectivity index (χ0) is 13.5. The van der Waals surface area contributed by atoms with Gasteiger partial charge in [0, 0.05) is 19.1 Å². The van der Waals surface area contributed by atoms with Crippen LogP contribution in [0.15, 0.2) is 0 Å². The van der Waals surface area contributed by atoms with Gasteiger partial charge in [-0.3, -0.25) is 9.69 Å². The van der Waals surface area contributed by atoms with E-state index in [-0.39, 0.29) is 18.5 Å². The molecule has 0 saturated carbocycles. The number of likely N-dealkylation sites (tertiary alicyclic amines) is 1. The van der Waals surface area contributed by atoms with Crippen molar-refractivity contribution in [2.24, 2.45) is 0 Å². The minimum absolute atomic E-state index is 0.0275. The maximum Gasteiger partial charge on any atom is 0.234 e. The van der Waals surface area contributed by atoms with Gasteiger partial charge in [-0.2, -0.15) is 0 Å². The standard InChI is InChI=1S/C13H26N2O3/c1-3-4-5-6-10(2)14-13(18)9-15-7-11(16)12(17)8-15/h10-12,16-17H,3-9H2,1-2H3,(H,14,18). The summed E-state index contributed by atoms with van der Waals surface area (Å²) in [4.78, 5) is 13.5. The number of β-amino-alcohol motifs (C(OH)–C–C–N with tert-alkyl or cyclic N) is 2. The summed E-state index contributed by atoms with van der Waals surface area (Å²) in [5.41, 5.74) is 0. The largest absolute Gasteiger partial charge is 0.389 e. The van der Waals surface area contributed by atoms with Crippen molar-refractivity contribution in [1.29, 1.82) is 0 Å². The van der Waals surface area contributed by atoms with Gasteiger partial charge in [0.2, 0.25) is 5.91 Å². The van der Waals surface area contributed by atoms with Gasteiger partial charge in [-0.25, -0.2) is 0 Å². The van der Waals surface area contributed by atoms with E-state index in [4.69, 9.17) is 0 Å². The lowest BCUT2D eigenvalue weighted by molar-refractivity contribution is -0.122. The van der Waals surface area contributed by atoms with Crippen LogP contribution in [0.3, 0.4) is 0 Å². The number of hydrogen-bond donors (Lipinski definition) is 3. The first-order valence-corrected chi connectivity index (χ1v) is 6.90. The Morgan fingerprint density at radius 3 is 2.50 bits per heavy atom. The smallest absolute Gasteiger partial charge is 0.234 e. The van der Waals surface area contributed by atoms with Crippen LogP contribution in [0.25, 0.3) is 0 Å². The van der Waals surface area contributed by atoms with Gasteiger partial charge >= 0.3 is 0 Å². The fourth-order valence-electron chi connectivity index (χ4n) is 2.27. The van der Waals surface area contributed by atoms with E-state index < -0.39 is 12.2 Å². The lowest BCUT2D eigenvalue weighted by Gasteiger charge is -2.18. The van der Waals surface area contributed by atoms with Gasteiger partial charge in [0.25, 0.3) is 0 Å². The number of aliphatic hydroxyl groups is 2. The van der Waals surface area contributed by atoms with E-state index in [1.54, 1.807) is 4.90 Å². The number of amides is 1. The summed E-state index contributed by atoms with van der Waals surface area (Å²) in [6, 6.07) is 0.196. The maximum atomic E-state index is 11.7. The summed E-state index contributed by atoms with van der Waals surface area (Å²) < 4.78 is 0. The van der Waals surface area contributed by atoms with E-state index in [1.807, 2.05) is 6.92 Å². The van der Waals surface area contributed by atoms with Crippen molar-refractivity contribution in [2.75, 3.05) is 19.6 Å². The quantitative estimate of drug-likeness (QED) is 0.567. The van der Waals surface area contributed by atoms with Crippen LogP contribution >= 0.6 is 0 Å². The number of unbranched alkanes of at least 4 members (excludes halogenated alkanes) is 2. The van der Waals surface area contributed by atoms with E-state index in [0.29, 0.717) is 13.1 Å². The summed E-state index contributed by atoms with van der Waals surface area (Å²) in [6.07, 6.45) is 3.08. The lowest BCUT2D eigenvalue weighted by Crippen LogP contribution is -2.40. The SMILES string of the molecule is CCCCCC(C)NC(=O)CN1CC(O)C(O)C1. The predicted octanol–water partition coefficient (Wildman–Crippen LogP) is 0.109. The molecule has 3 atom stereocenters. The monoisotopic (exact) mass is 258 g/mol. The third kappa shape index (κ3) is 5.33. The van der Waals surface area contributed by atoms with E-state index in [0.717, 1.165) is 12.8 Å². The molecule has 0 radical (unpaired) electrons. The number of aliphatic hydroxyl groups excluding tert-OH is 2. The molecule has 1 rings (SSSR count). The van der Waals surface area contributed by atoms with E-state index in [2.05, 4.69) is 12.2 Å². The Morgan fingerprint density at radius 2 is 1.94 bits per heavy atom. The minimum Gasteiger partial charge on any atom is -0.389 e. The molecule has 1 saturated heterocycles. The predicted molar refractivity (Wildman–Crippen MR) is 70.2 cm³/mol. The first-order valence-electron chi connectivity index (χ1n) is 6.90.